The van der Waals surface area contributed by atoms with Crippen molar-refractivity contribution in [1.29, 1.82) is 0 Å². The van der Waals surface area contributed by atoms with Crippen LogP contribution >= 0.6 is 23.2 Å². The molecule has 0 spiro atoms. The monoisotopic (exact) mass is 285 g/mol. The Morgan fingerprint density at radius 1 is 1.28 bits per heavy atom. The summed E-state index contributed by atoms with van der Waals surface area (Å²) in [5.41, 5.74) is 2.42. The smallest absolute Gasteiger partial charge is 0.0494 e. The minimum absolute atomic E-state index is 0.557. The summed E-state index contributed by atoms with van der Waals surface area (Å²) >= 11 is 12.1. The van der Waals surface area contributed by atoms with E-state index in [4.69, 9.17) is 23.2 Å². The van der Waals surface area contributed by atoms with Crippen LogP contribution < -0.4 is 4.90 Å². The highest BCUT2D eigenvalue weighted by molar-refractivity contribution is 6.31. The molecule has 1 aliphatic rings. The number of hydrogen-bond acceptors (Lipinski definition) is 1. The van der Waals surface area contributed by atoms with E-state index < -0.39 is 0 Å². The molecule has 0 unspecified atom stereocenters. The van der Waals surface area contributed by atoms with Crippen molar-refractivity contribution < 1.29 is 0 Å². The van der Waals surface area contributed by atoms with Crippen molar-refractivity contribution in [2.45, 2.75) is 38.5 Å². The Morgan fingerprint density at radius 2 is 2.00 bits per heavy atom. The molecule has 1 heterocycles. The standard InChI is InChI=1S/C15H21Cl2N/c1-2-3-12-6-8-18(9-7-12)15-10-14(17)5-4-13(15)11-16/h4-5,10,12H,2-3,6-9,11H2,1H3. The van der Waals surface area contributed by atoms with Gasteiger partial charge in [-0.25, -0.2) is 0 Å². The maximum absolute atomic E-state index is 6.10. The predicted octanol–water partition coefficient (Wildman–Crippen LogP) is 5.10. The van der Waals surface area contributed by atoms with Gasteiger partial charge >= 0.3 is 0 Å². The Bertz CT molecular complexity index is 384. The molecule has 18 heavy (non-hydrogen) atoms. The van der Waals surface area contributed by atoms with E-state index >= 15 is 0 Å². The molecule has 0 atom stereocenters. The first-order valence-electron chi connectivity index (χ1n) is 6.84. The van der Waals surface area contributed by atoms with Crippen molar-refractivity contribution in [2.75, 3.05) is 18.0 Å². The molecule has 3 heteroatoms. The Balaban J connectivity index is 2.06. The lowest BCUT2D eigenvalue weighted by molar-refractivity contribution is 0.378. The molecule has 0 bridgehead atoms. The number of nitrogens with zero attached hydrogens (tertiary/aromatic N) is 1. The second kappa shape index (κ2) is 6.68. The summed E-state index contributed by atoms with van der Waals surface area (Å²) in [6, 6.07) is 6.02. The van der Waals surface area contributed by atoms with Gasteiger partial charge in [-0.3, -0.25) is 0 Å². The van der Waals surface area contributed by atoms with E-state index in [0.717, 1.165) is 24.0 Å². The lowest BCUT2D eigenvalue weighted by Crippen LogP contribution is -2.34. The second-order valence-corrected chi connectivity index (χ2v) is 5.83. The highest BCUT2D eigenvalue weighted by Crippen LogP contribution is 2.31. The fraction of sp³-hybridized carbons (Fsp3) is 0.600. The summed E-state index contributed by atoms with van der Waals surface area (Å²) in [5, 5.41) is 0.801. The van der Waals surface area contributed by atoms with Crippen molar-refractivity contribution in [3.8, 4) is 0 Å². The van der Waals surface area contributed by atoms with Crippen LogP contribution in [0.25, 0.3) is 0 Å². The van der Waals surface area contributed by atoms with E-state index in [1.807, 2.05) is 12.1 Å². The Morgan fingerprint density at radius 3 is 2.61 bits per heavy atom. The van der Waals surface area contributed by atoms with Crippen LogP contribution in [0.5, 0.6) is 0 Å². The summed E-state index contributed by atoms with van der Waals surface area (Å²) in [6.45, 7) is 4.54. The number of piperidine rings is 1. The molecule has 100 valence electrons. The molecule has 1 aromatic carbocycles. The predicted molar refractivity (Wildman–Crippen MR) is 80.9 cm³/mol. The molecule has 0 aromatic heterocycles. The molecular weight excluding hydrogens is 265 g/mol. The molecule has 0 aliphatic carbocycles. The number of anilines is 1. The molecule has 2 rings (SSSR count). The Kier molecular flexibility index (Phi) is 5.20. The largest absolute Gasteiger partial charge is 0.371 e. The highest BCUT2D eigenvalue weighted by Gasteiger charge is 2.20. The third kappa shape index (κ3) is 3.33. The van der Waals surface area contributed by atoms with Gasteiger partial charge in [0.2, 0.25) is 0 Å². The van der Waals surface area contributed by atoms with E-state index in [1.54, 1.807) is 0 Å². The van der Waals surface area contributed by atoms with Crippen molar-refractivity contribution >= 4 is 28.9 Å². The molecule has 1 saturated heterocycles. The van der Waals surface area contributed by atoms with Gasteiger partial charge in [-0.2, -0.15) is 0 Å². The van der Waals surface area contributed by atoms with E-state index in [1.165, 1.54) is 36.9 Å². The van der Waals surface area contributed by atoms with Gasteiger partial charge in [0, 0.05) is 29.7 Å². The van der Waals surface area contributed by atoms with Crippen LogP contribution in [0.1, 0.15) is 38.2 Å². The number of alkyl halides is 1. The minimum atomic E-state index is 0.557. The first-order chi connectivity index (χ1) is 8.74. The van der Waals surface area contributed by atoms with E-state index in [-0.39, 0.29) is 0 Å². The molecule has 0 amide bonds. The number of benzene rings is 1. The molecule has 0 saturated carbocycles. The van der Waals surface area contributed by atoms with Crippen LogP contribution in [-0.2, 0) is 5.88 Å². The van der Waals surface area contributed by atoms with Crippen LogP contribution in [0.3, 0.4) is 0 Å². The summed E-state index contributed by atoms with van der Waals surface area (Å²) in [6.07, 6.45) is 5.25. The number of rotatable bonds is 4. The fourth-order valence-corrected chi connectivity index (χ4v) is 3.21. The quantitative estimate of drug-likeness (QED) is 0.696. The molecule has 1 aromatic rings. The summed E-state index contributed by atoms with van der Waals surface area (Å²) < 4.78 is 0. The first kappa shape index (κ1) is 14.0. The molecule has 1 nitrogen and oxygen atoms in total. The zero-order chi connectivity index (χ0) is 13.0. The van der Waals surface area contributed by atoms with Crippen LogP contribution in [-0.4, -0.2) is 13.1 Å². The van der Waals surface area contributed by atoms with Gasteiger partial charge in [-0.05, 0) is 36.5 Å². The molecule has 0 radical (unpaired) electrons. The summed E-state index contributed by atoms with van der Waals surface area (Å²) in [4.78, 5) is 2.44. The molecule has 0 N–H and O–H groups in total. The van der Waals surface area contributed by atoms with E-state index in [9.17, 15) is 0 Å². The first-order valence-corrected chi connectivity index (χ1v) is 7.75. The fourth-order valence-electron chi connectivity index (χ4n) is 2.82. The van der Waals surface area contributed by atoms with Gasteiger partial charge in [0.15, 0.2) is 0 Å². The normalized spacial score (nSPS) is 17.2. The van der Waals surface area contributed by atoms with Crippen LogP contribution in [0.2, 0.25) is 5.02 Å². The van der Waals surface area contributed by atoms with Gasteiger partial charge in [0.1, 0.15) is 0 Å². The van der Waals surface area contributed by atoms with Gasteiger partial charge in [0.05, 0.1) is 0 Å². The minimum Gasteiger partial charge on any atom is -0.371 e. The van der Waals surface area contributed by atoms with Crippen LogP contribution in [0.15, 0.2) is 18.2 Å². The van der Waals surface area contributed by atoms with Gasteiger partial charge in [-0.1, -0.05) is 37.4 Å². The third-order valence-electron chi connectivity index (χ3n) is 3.84. The van der Waals surface area contributed by atoms with Crippen molar-refractivity contribution in [3.63, 3.8) is 0 Å². The number of hydrogen-bond donors (Lipinski definition) is 0. The zero-order valence-corrected chi connectivity index (χ0v) is 12.5. The van der Waals surface area contributed by atoms with Crippen molar-refractivity contribution in [1.82, 2.24) is 0 Å². The average molecular weight is 286 g/mol. The van der Waals surface area contributed by atoms with Gasteiger partial charge in [0.25, 0.3) is 0 Å². The van der Waals surface area contributed by atoms with Gasteiger partial charge < -0.3 is 4.90 Å². The van der Waals surface area contributed by atoms with Gasteiger partial charge in [-0.15, -0.1) is 11.6 Å². The molecule has 1 fully saturated rings. The maximum Gasteiger partial charge on any atom is 0.0494 e. The van der Waals surface area contributed by atoms with Crippen molar-refractivity contribution in [3.05, 3.63) is 28.8 Å². The summed E-state index contributed by atoms with van der Waals surface area (Å²) in [5.74, 6) is 1.46. The van der Waals surface area contributed by atoms with Crippen LogP contribution in [0.4, 0.5) is 5.69 Å². The molecule has 1 aliphatic heterocycles. The topological polar surface area (TPSA) is 3.24 Å². The zero-order valence-electron chi connectivity index (χ0n) is 11.0. The molecular formula is C15H21Cl2N. The highest BCUT2D eigenvalue weighted by atomic mass is 35.5. The van der Waals surface area contributed by atoms with E-state index in [0.29, 0.717) is 5.88 Å². The SMILES string of the molecule is CCCC1CCN(c2cc(Cl)ccc2CCl)CC1. The van der Waals surface area contributed by atoms with Crippen LogP contribution in [0, 0.1) is 5.92 Å². The average Bonchev–Trinajstić information content (AvgIpc) is 2.40. The lowest BCUT2D eigenvalue weighted by Gasteiger charge is -2.34. The summed E-state index contributed by atoms with van der Waals surface area (Å²) in [7, 11) is 0. The number of halogens is 2. The Hall–Kier alpha value is -0.400. The van der Waals surface area contributed by atoms with E-state index in [2.05, 4.69) is 17.9 Å². The van der Waals surface area contributed by atoms with Crippen molar-refractivity contribution in [2.24, 2.45) is 5.92 Å². The second-order valence-electron chi connectivity index (χ2n) is 5.13. The third-order valence-corrected chi connectivity index (χ3v) is 4.37. The lowest BCUT2D eigenvalue weighted by atomic mass is 9.92. The maximum atomic E-state index is 6.10. The Labute approximate surface area is 120 Å².